The molecule has 106 valence electrons. The fraction of sp³-hybridized carbons (Fsp3) is 0.769. The van der Waals surface area contributed by atoms with Crippen molar-refractivity contribution >= 4 is 5.91 Å². The molecule has 6 heteroatoms. The number of amides is 1. The number of carbonyl (C=O) groups is 1. The summed E-state index contributed by atoms with van der Waals surface area (Å²) in [4.78, 5) is 11.9. The lowest BCUT2D eigenvalue weighted by atomic mass is 9.75. The molecule has 1 heterocycles. The summed E-state index contributed by atoms with van der Waals surface area (Å²) in [6.07, 6.45) is 6.16. The number of hydrogen-bond donors (Lipinski definition) is 2. The van der Waals surface area contributed by atoms with E-state index >= 15 is 0 Å². The fourth-order valence-corrected chi connectivity index (χ4v) is 2.47. The summed E-state index contributed by atoms with van der Waals surface area (Å²) >= 11 is 0. The molecular formula is C13H23N5O. The van der Waals surface area contributed by atoms with Gasteiger partial charge < -0.3 is 11.1 Å². The van der Waals surface area contributed by atoms with Crippen LogP contribution in [0.25, 0.3) is 0 Å². The van der Waals surface area contributed by atoms with Crippen molar-refractivity contribution in [3.05, 3.63) is 11.9 Å². The minimum atomic E-state index is -0.00169. The molecule has 1 fully saturated rings. The highest BCUT2D eigenvalue weighted by Gasteiger charge is 2.27. The zero-order chi connectivity index (χ0) is 13.9. The van der Waals surface area contributed by atoms with E-state index in [9.17, 15) is 4.79 Å². The van der Waals surface area contributed by atoms with Crippen molar-refractivity contribution in [1.82, 2.24) is 20.3 Å². The maximum absolute atomic E-state index is 11.9. The predicted octanol–water partition coefficient (Wildman–Crippen LogP) is 0.822. The highest BCUT2D eigenvalue weighted by Crippen LogP contribution is 2.34. The first kappa shape index (κ1) is 14.0. The van der Waals surface area contributed by atoms with Gasteiger partial charge in [0.2, 0.25) is 5.91 Å². The molecule has 19 heavy (non-hydrogen) atoms. The second-order valence-corrected chi connectivity index (χ2v) is 6.12. The molecule has 1 aromatic rings. The van der Waals surface area contributed by atoms with Crippen molar-refractivity contribution in [2.75, 3.05) is 0 Å². The Labute approximate surface area is 113 Å². The highest BCUT2D eigenvalue weighted by atomic mass is 16.2. The van der Waals surface area contributed by atoms with E-state index in [0.29, 0.717) is 23.7 Å². The van der Waals surface area contributed by atoms with Gasteiger partial charge in [-0.1, -0.05) is 19.1 Å². The number of rotatable bonds is 4. The smallest absolute Gasteiger partial charge is 0.242 e. The molecule has 0 bridgehead atoms. The molecule has 0 saturated heterocycles. The molecule has 1 aliphatic carbocycles. The van der Waals surface area contributed by atoms with Crippen LogP contribution >= 0.6 is 0 Å². The number of nitrogens with two attached hydrogens (primary N) is 1. The van der Waals surface area contributed by atoms with E-state index < -0.39 is 0 Å². The Kier molecular flexibility index (Phi) is 4.19. The second-order valence-electron chi connectivity index (χ2n) is 6.12. The van der Waals surface area contributed by atoms with Crippen molar-refractivity contribution in [3.63, 3.8) is 0 Å². The maximum Gasteiger partial charge on any atom is 0.242 e. The fourth-order valence-electron chi connectivity index (χ4n) is 2.47. The summed E-state index contributed by atoms with van der Waals surface area (Å²) in [6.45, 7) is 5.13. The van der Waals surface area contributed by atoms with Crippen LogP contribution in [-0.2, 0) is 17.9 Å². The lowest BCUT2D eigenvalue weighted by molar-refractivity contribution is -0.122. The number of carbonyl (C=O) groups excluding carboxylic acids is 1. The molecule has 0 aromatic carbocycles. The average molecular weight is 265 g/mol. The Bertz CT molecular complexity index is 430. The van der Waals surface area contributed by atoms with Crippen molar-refractivity contribution in [1.29, 1.82) is 0 Å². The van der Waals surface area contributed by atoms with Gasteiger partial charge in [0.1, 0.15) is 6.54 Å². The molecule has 2 rings (SSSR count). The Morgan fingerprint density at radius 1 is 1.53 bits per heavy atom. The average Bonchev–Trinajstić information content (AvgIpc) is 2.79. The third kappa shape index (κ3) is 4.02. The van der Waals surface area contributed by atoms with E-state index in [0.717, 1.165) is 12.8 Å². The molecule has 3 N–H and O–H groups in total. The Morgan fingerprint density at radius 2 is 2.21 bits per heavy atom. The third-order valence-electron chi connectivity index (χ3n) is 3.81. The van der Waals surface area contributed by atoms with Gasteiger partial charge in [0.25, 0.3) is 0 Å². The largest absolute Gasteiger partial charge is 0.352 e. The van der Waals surface area contributed by atoms with Gasteiger partial charge in [0.15, 0.2) is 0 Å². The lowest BCUT2D eigenvalue weighted by Crippen LogP contribution is -2.40. The third-order valence-corrected chi connectivity index (χ3v) is 3.81. The maximum atomic E-state index is 11.9. The van der Waals surface area contributed by atoms with Gasteiger partial charge >= 0.3 is 0 Å². The zero-order valence-electron chi connectivity index (χ0n) is 11.7. The zero-order valence-corrected chi connectivity index (χ0v) is 11.7. The van der Waals surface area contributed by atoms with Crippen LogP contribution in [0.5, 0.6) is 0 Å². The van der Waals surface area contributed by atoms with Crippen LogP contribution < -0.4 is 11.1 Å². The van der Waals surface area contributed by atoms with Gasteiger partial charge in [0, 0.05) is 12.6 Å². The minimum absolute atomic E-state index is 0.00169. The monoisotopic (exact) mass is 265 g/mol. The van der Waals surface area contributed by atoms with Crippen molar-refractivity contribution in [3.8, 4) is 0 Å². The van der Waals surface area contributed by atoms with E-state index in [1.54, 1.807) is 6.20 Å². The molecule has 1 amide bonds. The second kappa shape index (κ2) is 5.69. The summed E-state index contributed by atoms with van der Waals surface area (Å²) in [6, 6.07) is 0.304. The minimum Gasteiger partial charge on any atom is -0.352 e. The molecule has 0 unspecified atom stereocenters. The van der Waals surface area contributed by atoms with Crippen LogP contribution in [0.15, 0.2) is 6.20 Å². The Hall–Kier alpha value is -1.43. The van der Waals surface area contributed by atoms with E-state index in [-0.39, 0.29) is 12.5 Å². The Balaban J connectivity index is 1.78. The number of hydrogen-bond acceptors (Lipinski definition) is 4. The first-order valence-electron chi connectivity index (χ1n) is 6.87. The number of nitrogens with one attached hydrogen (secondary N) is 1. The van der Waals surface area contributed by atoms with E-state index in [4.69, 9.17) is 5.73 Å². The summed E-state index contributed by atoms with van der Waals surface area (Å²) in [5.74, 6) is -0.00169. The van der Waals surface area contributed by atoms with Gasteiger partial charge in [-0.3, -0.25) is 4.79 Å². The standard InChI is InChI=1S/C13H23N5O/c1-13(2)5-3-10(4-6-13)15-12(19)9-18-8-11(7-14)16-17-18/h8,10H,3-7,9,14H2,1-2H3,(H,15,19). The van der Waals surface area contributed by atoms with Gasteiger partial charge in [-0.15, -0.1) is 5.10 Å². The van der Waals surface area contributed by atoms with Crippen LogP contribution in [0.4, 0.5) is 0 Å². The van der Waals surface area contributed by atoms with Gasteiger partial charge in [-0.2, -0.15) is 0 Å². The predicted molar refractivity (Wildman–Crippen MR) is 72.1 cm³/mol. The van der Waals surface area contributed by atoms with Gasteiger partial charge in [-0.05, 0) is 31.1 Å². The molecule has 1 aromatic heterocycles. The topological polar surface area (TPSA) is 85.8 Å². The summed E-state index contributed by atoms with van der Waals surface area (Å²) in [5.41, 5.74) is 6.57. The summed E-state index contributed by atoms with van der Waals surface area (Å²) < 4.78 is 1.53. The van der Waals surface area contributed by atoms with E-state index in [1.165, 1.54) is 17.5 Å². The molecule has 0 spiro atoms. The van der Waals surface area contributed by atoms with E-state index in [2.05, 4.69) is 29.5 Å². The molecule has 6 nitrogen and oxygen atoms in total. The van der Waals surface area contributed by atoms with Crippen LogP contribution in [0.3, 0.4) is 0 Å². The van der Waals surface area contributed by atoms with Crippen molar-refractivity contribution < 1.29 is 4.79 Å². The van der Waals surface area contributed by atoms with Crippen LogP contribution in [0.1, 0.15) is 45.2 Å². The quantitative estimate of drug-likeness (QED) is 0.844. The number of nitrogens with zero attached hydrogens (tertiary/aromatic N) is 3. The molecule has 0 atom stereocenters. The number of aromatic nitrogens is 3. The molecule has 0 radical (unpaired) electrons. The molecular weight excluding hydrogens is 242 g/mol. The highest BCUT2D eigenvalue weighted by molar-refractivity contribution is 5.75. The normalized spacial score (nSPS) is 19.3. The van der Waals surface area contributed by atoms with E-state index in [1.807, 2.05) is 0 Å². The van der Waals surface area contributed by atoms with Crippen LogP contribution in [-0.4, -0.2) is 26.9 Å². The molecule has 1 aliphatic rings. The molecule has 1 saturated carbocycles. The first-order valence-corrected chi connectivity index (χ1v) is 6.87. The van der Waals surface area contributed by atoms with Crippen molar-refractivity contribution in [2.24, 2.45) is 11.1 Å². The SMILES string of the molecule is CC1(C)CCC(NC(=O)Cn2cc(CN)nn2)CC1. The molecule has 0 aliphatic heterocycles. The van der Waals surface area contributed by atoms with Gasteiger partial charge in [0.05, 0.1) is 11.9 Å². The summed E-state index contributed by atoms with van der Waals surface area (Å²) in [5, 5.41) is 10.8. The summed E-state index contributed by atoms with van der Waals surface area (Å²) in [7, 11) is 0. The Morgan fingerprint density at radius 3 is 2.79 bits per heavy atom. The van der Waals surface area contributed by atoms with Gasteiger partial charge in [-0.25, -0.2) is 4.68 Å². The van der Waals surface area contributed by atoms with Crippen molar-refractivity contribution in [2.45, 2.75) is 58.7 Å². The van der Waals surface area contributed by atoms with Crippen LogP contribution in [0, 0.1) is 5.41 Å². The van der Waals surface area contributed by atoms with Crippen LogP contribution in [0.2, 0.25) is 0 Å². The first-order chi connectivity index (χ1) is 8.98. The lowest BCUT2D eigenvalue weighted by Gasteiger charge is -2.34.